The monoisotopic (exact) mass is 258 g/mol. The zero-order chi connectivity index (χ0) is 12.9. The molecule has 0 aromatic heterocycles. The third-order valence-electron chi connectivity index (χ3n) is 4.86. The minimum atomic E-state index is 0.910. The van der Waals surface area contributed by atoms with Gasteiger partial charge in [0.15, 0.2) is 0 Å². The summed E-state index contributed by atoms with van der Waals surface area (Å²) in [7, 11) is 0. The highest BCUT2D eigenvalue weighted by atomic mass is 15.2. The summed E-state index contributed by atoms with van der Waals surface area (Å²) in [5, 5.41) is 3.59. The van der Waals surface area contributed by atoms with Crippen LogP contribution in [0.2, 0.25) is 0 Å². The highest BCUT2D eigenvalue weighted by molar-refractivity contribution is 5.14. The first-order valence-corrected chi connectivity index (χ1v) is 7.92. The Morgan fingerprint density at radius 2 is 1.89 bits per heavy atom. The topological polar surface area (TPSA) is 15.3 Å². The lowest BCUT2D eigenvalue weighted by Crippen LogP contribution is -2.45. The Morgan fingerprint density at radius 3 is 2.79 bits per heavy atom. The molecule has 1 N–H and O–H groups in total. The molecule has 2 fully saturated rings. The van der Waals surface area contributed by atoms with Crippen molar-refractivity contribution in [3.8, 4) is 0 Å². The summed E-state index contributed by atoms with van der Waals surface area (Å²) < 4.78 is 0. The van der Waals surface area contributed by atoms with E-state index in [9.17, 15) is 0 Å². The zero-order valence-corrected chi connectivity index (χ0v) is 11.9. The number of nitrogens with zero attached hydrogens (tertiary/aromatic N) is 1. The van der Waals surface area contributed by atoms with Crippen molar-refractivity contribution in [2.45, 2.75) is 44.7 Å². The van der Waals surface area contributed by atoms with Crippen molar-refractivity contribution in [1.29, 1.82) is 0 Å². The van der Waals surface area contributed by atoms with E-state index in [1.165, 1.54) is 50.8 Å². The molecule has 1 heterocycles. The lowest BCUT2D eigenvalue weighted by atomic mass is 9.92. The van der Waals surface area contributed by atoms with Gasteiger partial charge in [-0.2, -0.15) is 0 Å². The SMILES string of the molecule is c1ccc(CNCCN2CCC[C@H]3CCC[C@@H]32)cc1. The fourth-order valence-electron chi connectivity index (χ4n) is 3.89. The fourth-order valence-corrected chi connectivity index (χ4v) is 3.89. The second-order valence-corrected chi connectivity index (χ2v) is 6.10. The normalized spacial score (nSPS) is 27.4. The molecule has 1 saturated heterocycles. The van der Waals surface area contributed by atoms with E-state index < -0.39 is 0 Å². The number of hydrogen-bond acceptors (Lipinski definition) is 2. The summed E-state index contributed by atoms with van der Waals surface area (Å²) in [5.41, 5.74) is 1.39. The lowest BCUT2D eigenvalue weighted by molar-refractivity contribution is 0.114. The van der Waals surface area contributed by atoms with Crippen molar-refractivity contribution in [2.24, 2.45) is 5.92 Å². The lowest BCUT2D eigenvalue weighted by Gasteiger charge is -2.37. The second kappa shape index (κ2) is 6.53. The van der Waals surface area contributed by atoms with Gasteiger partial charge in [0.2, 0.25) is 0 Å². The quantitative estimate of drug-likeness (QED) is 0.817. The number of piperidine rings is 1. The summed E-state index contributed by atoms with van der Waals surface area (Å²) in [6.07, 6.45) is 7.30. The summed E-state index contributed by atoms with van der Waals surface area (Å²) in [4.78, 5) is 2.75. The van der Waals surface area contributed by atoms with Crippen molar-refractivity contribution in [3.63, 3.8) is 0 Å². The first-order valence-electron chi connectivity index (χ1n) is 7.92. The Kier molecular flexibility index (Phi) is 4.52. The fraction of sp³-hybridized carbons (Fsp3) is 0.647. The van der Waals surface area contributed by atoms with E-state index in [0.717, 1.165) is 25.0 Å². The molecule has 0 amide bonds. The Hall–Kier alpha value is -0.860. The molecule has 0 radical (unpaired) electrons. The van der Waals surface area contributed by atoms with Crippen molar-refractivity contribution in [1.82, 2.24) is 10.2 Å². The summed E-state index contributed by atoms with van der Waals surface area (Å²) in [6, 6.07) is 11.6. The van der Waals surface area contributed by atoms with Crippen molar-refractivity contribution in [3.05, 3.63) is 35.9 Å². The Bertz CT molecular complexity index is 376. The van der Waals surface area contributed by atoms with E-state index in [1.807, 2.05) is 0 Å². The third kappa shape index (κ3) is 3.37. The largest absolute Gasteiger partial charge is 0.311 e. The predicted octanol–water partition coefficient (Wildman–Crippen LogP) is 3.04. The summed E-state index contributed by atoms with van der Waals surface area (Å²) in [5.74, 6) is 1.02. The number of likely N-dealkylation sites (tertiary alicyclic amines) is 1. The first-order chi connectivity index (χ1) is 9.43. The van der Waals surface area contributed by atoms with Gasteiger partial charge in [0.05, 0.1) is 0 Å². The molecule has 0 bridgehead atoms. The van der Waals surface area contributed by atoms with Crippen LogP contribution in [0, 0.1) is 5.92 Å². The van der Waals surface area contributed by atoms with Gasteiger partial charge >= 0.3 is 0 Å². The maximum absolute atomic E-state index is 3.59. The smallest absolute Gasteiger partial charge is 0.0206 e. The maximum atomic E-state index is 3.59. The Balaban J connectivity index is 1.40. The minimum absolute atomic E-state index is 0.910. The molecule has 1 saturated carbocycles. The second-order valence-electron chi connectivity index (χ2n) is 6.10. The van der Waals surface area contributed by atoms with Gasteiger partial charge < -0.3 is 5.32 Å². The van der Waals surface area contributed by atoms with Crippen molar-refractivity contribution >= 4 is 0 Å². The van der Waals surface area contributed by atoms with Gasteiger partial charge in [-0.1, -0.05) is 36.8 Å². The van der Waals surface area contributed by atoms with Gasteiger partial charge in [0, 0.05) is 25.7 Å². The van der Waals surface area contributed by atoms with Gasteiger partial charge in [0.1, 0.15) is 0 Å². The average molecular weight is 258 g/mol. The molecule has 19 heavy (non-hydrogen) atoms. The number of hydrogen-bond donors (Lipinski definition) is 1. The Labute approximate surface area is 117 Å². The van der Waals surface area contributed by atoms with E-state index in [4.69, 9.17) is 0 Å². The van der Waals surface area contributed by atoms with Gasteiger partial charge in [-0.3, -0.25) is 4.90 Å². The van der Waals surface area contributed by atoms with Crippen molar-refractivity contribution in [2.75, 3.05) is 19.6 Å². The van der Waals surface area contributed by atoms with Crippen LogP contribution >= 0.6 is 0 Å². The highest BCUT2D eigenvalue weighted by Gasteiger charge is 2.34. The van der Waals surface area contributed by atoms with Crippen LogP contribution in [0.5, 0.6) is 0 Å². The van der Waals surface area contributed by atoms with Gasteiger partial charge in [-0.25, -0.2) is 0 Å². The highest BCUT2D eigenvalue weighted by Crippen LogP contribution is 2.36. The van der Waals surface area contributed by atoms with E-state index in [2.05, 4.69) is 40.5 Å². The van der Waals surface area contributed by atoms with E-state index >= 15 is 0 Å². The number of nitrogens with one attached hydrogen (secondary N) is 1. The van der Waals surface area contributed by atoms with E-state index in [0.29, 0.717) is 0 Å². The van der Waals surface area contributed by atoms with Gasteiger partial charge in [-0.15, -0.1) is 0 Å². The third-order valence-corrected chi connectivity index (χ3v) is 4.86. The van der Waals surface area contributed by atoms with Crippen LogP contribution in [0.3, 0.4) is 0 Å². The molecule has 2 aliphatic rings. The van der Waals surface area contributed by atoms with Crippen LogP contribution in [0.15, 0.2) is 30.3 Å². The molecule has 1 aromatic carbocycles. The van der Waals surface area contributed by atoms with Crippen LogP contribution in [0.25, 0.3) is 0 Å². The molecule has 1 aliphatic carbocycles. The predicted molar refractivity (Wildman–Crippen MR) is 80.1 cm³/mol. The molecular weight excluding hydrogens is 232 g/mol. The first kappa shape index (κ1) is 13.1. The summed E-state index contributed by atoms with van der Waals surface area (Å²) >= 11 is 0. The number of rotatable bonds is 5. The zero-order valence-electron chi connectivity index (χ0n) is 11.9. The molecule has 0 spiro atoms. The van der Waals surface area contributed by atoms with Crippen LogP contribution in [-0.2, 0) is 6.54 Å². The van der Waals surface area contributed by atoms with E-state index in [-0.39, 0.29) is 0 Å². The molecule has 104 valence electrons. The molecule has 0 unspecified atom stereocenters. The molecular formula is C17H26N2. The van der Waals surface area contributed by atoms with Crippen molar-refractivity contribution < 1.29 is 0 Å². The van der Waals surface area contributed by atoms with Crippen LogP contribution in [0.4, 0.5) is 0 Å². The molecule has 1 aliphatic heterocycles. The number of benzene rings is 1. The maximum Gasteiger partial charge on any atom is 0.0206 e. The van der Waals surface area contributed by atoms with Gasteiger partial charge in [-0.05, 0) is 43.7 Å². The Morgan fingerprint density at radius 1 is 1.05 bits per heavy atom. The van der Waals surface area contributed by atoms with Crippen LogP contribution < -0.4 is 5.32 Å². The van der Waals surface area contributed by atoms with Crippen LogP contribution in [-0.4, -0.2) is 30.6 Å². The molecule has 2 nitrogen and oxygen atoms in total. The van der Waals surface area contributed by atoms with Crippen LogP contribution in [0.1, 0.15) is 37.7 Å². The molecule has 2 heteroatoms. The standard InChI is InChI=1S/C17H26N2/c1-2-6-15(7-3-1)14-18-11-13-19-12-5-9-16-8-4-10-17(16)19/h1-3,6-7,16-18H,4-5,8-14H2/t16-,17+/m1/s1. The molecule has 3 rings (SSSR count). The molecule has 2 atom stereocenters. The average Bonchev–Trinajstić information content (AvgIpc) is 2.94. The number of fused-ring (bicyclic) bond motifs is 1. The minimum Gasteiger partial charge on any atom is -0.311 e. The van der Waals surface area contributed by atoms with E-state index in [1.54, 1.807) is 0 Å². The molecule has 1 aromatic rings. The summed E-state index contributed by atoms with van der Waals surface area (Å²) in [6.45, 7) is 4.68. The van der Waals surface area contributed by atoms with Gasteiger partial charge in [0.25, 0.3) is 0 Å².